The van der Waals surface area contributed by atoms with Crippen LogP contribution >= 0.6 is 12.2 Å². The van der Waals surface area contributed by atoms with Gasteiger partial charge in [-0.3, -0.25) is 4.79 Å². The normalized spacial score (nSPS) is 22.1. The van der Waals surface area contributed by atoms with Crippen LogP contribution in [0.15, 0.2) is 35.3 Å². The predicted octanol–water partition coefficient (Wildman–Crippen LogP) is 1.62. The molecule has 0 aromatic heterocycles. The second-order valence-corrected chi connectivity index (χ2v) is 5.01. The minimum absolute atomic E-state index is 0.263. The highest BCUT2D eigenvalue weighted by Crippen LogP contribution is 2.14. The van der Waals surface area contributed by atoms with Gasteiger partial charge in [-0.15, -0.1) is 0 Å². The summed E-state index contributed by atoms with van der Waals surface area (Å²) in [5.74, 6) is -1.63. The first kappa shape index (κ1) is 14.6. The SMILES string of the molecule is CC1=NC(=S)NC(COCc2ccccc2)C1C(=O)O. The van der Waals surface area contributed by atoms with Crippen molar-refractivity contribution in [3.63, 3.8) is 0 Å². The second-order valence-electron chi connectivity index (χ2n) is 4.63. The first-order valence-corrected chi connectivity index (χ1v) is 6.69. The average molecular weight is 292 g/mol. The maximum Gasteiger partial charge on any atom is 0.314 e. The molecule has 0 amide bonds. The fraction of sp³-hybridized carbons (Fsp3) is 0.357. The number of aliphatic carboxylic acids is 1. The van der Waals surface area contributed by atoms with Crippen molar-refractivity contribution in [1.29, 1.82) is 0 Å². The minimum Gasteiger partial charge on any atom is -0.481 e. The molecular weight excluding hydrogens is 276 g/mol. The number of rotatable bonds is 5. The summed E-state index contributed by atoms with van der Waals surface area (Å²) in [7, 11) is 0. The van der Waals surface area contributed by atoms with E-state index in [1.165, 1.54) is 0 Å². The quantitative estimate of drug-likeness (QED) is 0.807. The Kier molecular flexibility index (Phi) is 4.81. The zero-order valence-corrected chi connectivity index (χ0v) is 11.9. The number of carbonyl (C=O) groups is 1. The highest BCUT2D eigenvalue weighted by molar-refractivity contribution is 7.80. The van der Waals surface area contributed by atoms with Gasteiger partial charge in [0.15, 0.2) is 5.11 Å². The Morgan fingerprint density at radius 2 is 2.15 bits per heavy atom. The number of thiocarbonyl (C=S) groups is 1. The van der Waals surface area contributed by atoms with Crippen LogP contribution in [0, 0.1) is 5.92 Å². The molecule has 0 fully saturated rings. The van der Waals surface area contributed by atoms with E-state index < -0.39 is 11.9 Å². The molecule has 5 nitrogen and oxygen atoms in total. The number of nitrogens with zero attached hydrogens (tertiary/aromatic N) is 1. The van der Waals surface area contributed by atoms with E-state index in [1.807, 2.05) is 30.3 Å². The molecular formula is C14H16N2O3S. The van der Waals surface area contributed by atoms with Crippen molar-refractivity contribution >= 4 is 29.0 Å². The molecule has 0 aliphatic carbocycles. The molecule has 0 bridgehead atoms. The highest BCUT2D eigenvalue weighted by Gasteiger charge is 2.34. The third kappa shape index (κ3) is 3.61. The lowest BCUT2D eigenvalue weighted by atomic mass is 9.94. The maximum atomic E-state index is 11.3. The van der Waals surface area contributed by atoms with E-state index in [-0.39, 0.29) is 12.6 Å². The van der Waals surface area contributed by atoms with Gasteiger partial charge in [0.05, 0.1) is 19.3 Å². The lowest BCUT2D eigenvalue weighted by Gasteiger charge is -2.29. The molecule has 2 N–H and O–H groups in total. The molecule has 2 rings (SSSR count). The van der Waals surface area contributed by atoms with Crippen LogP contribution < -0.4 is 5.32 Å². The van der Waals surface area contributed by atoms with Gasteiger partial charge in [0.25, 0.3) is 0 Å². The van der Waals surface area contributed by atoms with Gasteiger partial charge in [-0.25, -0.2) is 4.99 Å². The van der Waals surface area contributed by atoms with Crippen molar-refractivity contribution in [3.05, 3.63) is 35.9 Å². The number of carboxylic acids is 1. The van der Waals surface area contributed by atoms with Crippen LogP contribution in [0.2, 0.25) is 0 Å². The standard InChI is InChI=1S/C14H16N2O3S/c1-9-12(13(17)18)11(16-14(20)15-9)8-19-7-10-5-3-2-4-6-10/h2-6,11-12H,7-8H2,1H3,(H,16,20)(H,17,18). The average Bonchev–Trinajstić information content (AvgIpc) is 2.38. The van der Waals surface area contributed by atoms with Gasteiger partial charge >= 0.3 is 5.97 Å². The Hall–Kier alpha value is -1.79. The minimum atomic E-state index is -0.922. The van der Waals surface area contributed by atoms with Gasteiger partial charge in [0.1, 0.15) is 5.92 Å². The van der Waals surface area contributed by atoms with Crippen LogP contribution in [0.4, 0.5) is 0 Å². The summed E-state index contributed by atoms with van der Waals surface area (Å²) in [6.07, 6.45) is 0. The van der Waals surface area contributed by atoms with Gasteiger partial charge in [-0.2, -0.15) is 0 Å². The van der Waals surface area contributed by atoms with Crippen molar-refractivity contribution in [2.45, 2.75) is 19.6 Å². The molecule has 106 valence electrons. The Bertz CT molecular complexity index is 530. The molecule has 1 aromatic rings. The van der Waals surface area contributed by atoms with Crippen LogP contribution in [-0.2, 0) is 16.1 Å². The van der Waals surface area contributed by atoms with Gasteiger partial charge in [-0.05, 0) is 24.7 Å². The summed E-state index contributed by atoms with van der Waals surface area (Å²) in [4.78, 5) is 15.3. The molecule has 0 radical (unpaired) electrons. The molecule has 0 saturated heterocycles. The van der Waals surface area contributed by atoms with Crippen molar-refractivity contribution in [2.24, 2.45) is 10.9 Å². The number of nitrogens with one attached hydrogen (secondary N) is 1. The van der Waals surface area contributed by atoms with Crippen molar-refractivity contribution in [1.82, 2.24) is 5.32 Å². The predicted molar refractivity (Wildman–Crippen MR) is 79.9 cm³/mol. The topological polar surface area (TPSA) is 70.9 Å². The molecule has 2 unspecified atom stereocenters. The molecule has 20 heavy (non-hydrogen) atoms. The lowest BCUT2D eigenvalue weighted by Crippen LogP contribution is -2.51. The zero-order chi connectivity index (χ0) is 14.5. The van der Waals surface area contributed by atoms with Gasteiger partial charge < -0.3 is 15.2 Å². The lowest BCUT2D eigenvalue weighted by molar-refractivity contribution is -0.140. The summed E-state index contributed by atoms with van der Waals surface area (Å²) in [6, 6.07) is 9.33. The van der Waals surface area contributed by atoms with E-state index in [1.54, 1.807) is 6.92 Å². The molecule has 1 aliphatic rings. The van der Waals surface area contributed by atoms with Crippen LogP contribution in [0.25, 0.3) is 0 Å². The number of ether oxygens (including phenoxy) is 1. The van der Waals surface area contributed by atoms with E-state index in [0.29, 0.717) is 17.4 Å². The number of hydrogen-bond donors (Lipinski definition) is 2. The number of aliphatic imine (C=N–C) groups is 1. The number of benzene rings is 1. The molecule has 1 aromatic carbocycles. The Morgan fingerprint density at radius 3 is 2.80 bits per heavy atom. The van der Waals surface area contributed by atoms with Gasteiger partial charge in [0.2, 0.25) is 0 Å². The van der Waals surface area contributed by atoms with Crippen LogP contribution in [0.3, 0.4) is 0 Å². The maximum absolute atomic E-state index is 11.3. The van der Waals surface area contributed by atoms with Crippen molar-refractivity contribution in [3.8, 4) is 0 Å². The van der Waals surface area contributed by atoms with Crippen LogP contribution in [0.5, 0.6) is 0 Å². The van der Waals surface area contributed by atoms with E-state index in [9.17, 15) is 9.90 Å². The Balaban J connectivity index is 1.95. The van der Waals surface area contributed by atoms with E-state index >= 15 is 0 Å². The molecule has 1 aliphatic heterocycles. The van der Waals surface area contributed by atoms with E-state index in [2.05, 4.69) is 10.3 Å². The fourth-order valence-corrected chi connectivity index (χ4v) is 2.46. The summed E-state index contributed by atoms with van der Waals surface area (Å²) >= 11 is 5.00. The first-order valence-electron chi connectivity index (χ1n) is 6.28. The molecule has 0 saturated carbocycles. The summed E-state index contributed by atoms with van der Waals surface area (Å²) in [5.41, 5.74) is 1.55. The Labute approximate surface area is 122 Å². The van der Waals surface area contributed by atoms with Gasteiger partial charge in [0, 0.05) is 5.71 Å². The summed E-state index contributed by atoms with van der Waals surface area (Å²) in [6.45, 7) is 2.38. The third-order valence-electron chi connectivity index (χ3n) is 3.11. The van der Waals surface area contributed by atoms with E-state index in [0.717, 1.165) is 5.56 Å². The molecule has 2 atom stereocenters. The van der Waals surface area contributed by atoms with Gasteiger partial charge in [-0.1, -0.05) is 30.3 Å². The largest absolute Gasteiger partial charge is 0.481 e. The smallest absolute Gasteiger partial charge is 0.314 e. The molecule has 6 heteroatoms. The number of hydrogen-bond acceptors (Lipinski definition) is 3. The molecule has 0 spiro atoms. The van der Waals surface area contributed by atoms with Crippen LogP contribution in [0.1, 0.15) is 12.5 Å². The third-order valence-corrected chi connectivity index (χ3v) is 3.32. The zero-order valence-electron chi connectivity index (χ0n) is 11.1. The monoisotopic (exact) mass is 292 g/mol. The fourth-order valence-electron chi connectivity index (χ4n) is 2.16. The molecule has 1 heterocycles. The summed E-state index contributed by atoms with van der Waals surface area (Å²) < 4.78 is 5.60. The second kappa shape index (κ2) is 6.58. The van der Waals surface area contributed by atoms with Crippen molar-refractivity contribution in [2.75, 3.05) is 6.61 Å². The first-order chi connectivity index (χ1) is 9.58. The van der Waals surface area contributed by atoms with Crippen molar-refractivity contribution < 1.29 is 14.6 Å². The summed E-state index contributed by atoms with van der Waals surface area (Å²) in [5, 5.41) is 12.5. The highest BCUT2D eigenvalue weighted by atomic mass is 32.1. The van der Waals surface area contributed by atoms with E-state index in [4.69, 9.17) is 17.0 Å². The Morgan fingerprint density at radius 1 is 1.45 bits per heavy atom. The van der Waals surface area contributed by atoms with Crippen LogP contribution in [-0.4, -0.2) is 34.5 Å². The number of carboxylic acid groups (broad SMARTS) is 1.